The standard InChI is InChI=1S/C20H20F3N5O3/c1-19(2,30)17(12-4-6-13(7-5-12)31-20(21,22)23)26-18(29)16-11-24-10-15(25-16)14-8-9-28(3)27-14/h4-11,17,30H,1-3H3,(H,26,29). The minimum absolute atomic E-state index is 0.00516. The van der Waals surface area contributed by atoms with Crippen LogP contribution in [0.15, 0.2) is 48.9 Å². The monoisotopic (exact) mass is 435 g/mol. The first-order chi connectivity index (χ1) is 14.4. The Labute approximate surface area is 175 Å². The van der Waals surface area contributed by atoms with Crippen molar-refractivity contribution in [1.82, 2.24) is 25.1 Å². The minimum atomic E-state index is -4.82. The van der Waals surface area contributed by atoms with Crippen molar-refractivity contribution in [3.63, 3.8) is 0 Å². The molecule has 1 aromatic carbocycles. The lowest BCUT2D eigenvalue weighted by Gasteiger charge is -2.30. The summed E-state index contributed by atoms with van der Waals surface area (Å²) in [5.41, 5.74) is -0.141. The van der Waals surface area contributed by atoms with Crippen molar-refractivity contribution in [2.24, 2.45) is 7.05 Å². The lowest BCUT2D eigenvalue weighted by Crippen LogP contribution is -2.42. The molecule has 3 aromatic rings. The summed E-state index contributed by atoms with van der Waals surface area (Å²) < 4.78 is 42.5. The first kappa shape index (κ1) is 22.2. The number of hydrogen-bond acceptors (Lipinski definition) is 6. The predicted octanol–water partition coefficient (Wildman–Crippen LogP) is 3.02. The Hall–Kier alpha value is -3.47. The molecule has 31 heavy (non-hydrogen) atoms. The van der Waals surface area contributed by atoms with Crippen molar-refractivity contribution in [2.75, 3.05) is 0 Å². The zero-order chi connectivity index (χ0) is 22.8. The summed E-state index contributed by atoms with van der Waals surface area (Å²) in [6.45, 7) is 2.93. The van der Waals surface area contributed by atoms with Crippen molar-refractivity contribution in [2.45, 2.75) is 31.9 Å². The van der Waals surface area contributed by atoms with Crippen molar-refractivity contribution >= 4 is 5.91 Å². The molecule has 1 atom stereocenters. The molecule has 11 heteroatoms. The van der Waals surface area contributed by atoms with Crippen molar-refractivity contribution < 1.29 is 27.8 Å². The first-order valence-corrected chi connectivity index (χ1v) is 9.13. The van der Waals surface area contributed by atoms with Crippen LogP contribution in [0.1, 0.15) is 35.9 Å². The number of aliphatic hydroxyl groups is 1. The summed E-state index contributed by atoms with van der Waals surface area (Å²) in [6.07, 6.45) is -0.363. The van der Waals surface area contributed by atoms with Gasteiger partial charge in [0.15, 0.2) is 0 Å². The number of ether oxygens (including phenoxy) is 1. The number of aryl methyl sites for hydroxylation is 1. The van der Waals surface area contributed by atoms with E-state index in [4.69, 9.17) is 0 Å². The topological polar surface area (TPSA) is 102 Å². The smallest absolute Gasteiger partial charge is 0.406 e. The molecule has 1 unspecified atom stereocenters. The van der Waals surface area contributed by atoms with Gasteiger partial charge in [0.25, 0.3) is 5.91 Å². The molecule has 8 nitrogen and oxygen atoms in total. The Balaban J connectivity index is 1.82. The Morgan fingerprint density at radius 3 is 2.35 bits per heavy atom. The fraction of sp³-hybridized carbons (Fsp3) is 0.300. The van der Waals surface area contributed by atoms with Crippen LogP contribution in [0.25, 0.3) is 11.4 Å². The largest absolute Gasteiger partial charge is 0.573 e. The van der Waals surface area contributed by atoms with Crippen LogP contribution < -0.4 is 10.1 Å². The van der Waals surface area contributed by atoms with Gasteiger partial charge in [0.1, 0.15) is 22.8 Å². The molecule has 164 valence electrons. The molecule has 0 aliphatic rings. The lowest BCUT2D eigenvalue weighted by atomic mass is 9.91. The summed E-state index contributed by atoms with van der Waals surface area (Å²) in [6, 6.07) is 5.65. The lowest BCUT2D eigenvalue weighted by molar-refractivity contribution is -0.274. The van der Waals surface area contributed by atoms with E-state index in [1.165, 1.54) is 38.4 Å². The number of benzene rings is 1. The van der Waals surface area contributed by atoms with E-state index in [9.17, 15) is 23.1 Å². The van der Waals surface area contributed by atoms with Gasteiger partial charge in [0, 0.05) is 13.2 Å². The summed E-state index contributed by atoms with van der Waals surface area (Å²) in [4.78, 5) is 21.1. The fourth-order valence-electron chi connectivity index (χ4n) is 2.89. The zero-order valence-corrected chi connectivity index (χ0v) is 16.9. The first-order valence-electron chi connectivity index (χ1n) is 9.13. The molecule has 0 spiro atoms. The molecule has 0 saturated carbocycles. The van der Waals surface area contributed by atoms with Crippen LogP contribution in [0.3, 0.4) is 0 Å². The number of carbonyl (C=O) groups is 1. The van der Waals surface area contributed by atoms with Gasteiger partial charge >= 0.3 is 6.36 Å². The molecule has 2 heterocycles. The summed E-state index contributed by atoms with van der Waals surface area (Å²) in [5, 5.41) is 17.4. The number of alkyl halides is 3. The summed E-state index contributed by atoms with van der Waals surface area (Å²) in [7, 11) is 1.74. The zero-order valence-electron chi connectivity index (χ0n) is 16.9. The molecule has 1 amide bonds. The average molecular weight is 435 g/mol. The van der Waals surface area contributed by atoms with E-state index >= 15 is 0 Å². The molecule has 0 bridgehead atoms. The Bertz CT molecular complexity index is 1060. The highest BCUT2D eigenvalue weighted by Gasteiger charge is 2.33. The maximum absolute atomic E-state index is 12.8. The quantitative estimate of drug-likeness (QED) is 0.617. The molecule has 0 aliphatic carbocycles. The van der Waals surface area contributed by atoms with Gasteiger partial charge in [-0.05, 0) is 37.6 Å². The number of carbonyl (C=O) groups excluding carboxylic acids is 1. The molecule has 0 aliphatic heterocycles. The third-order valence-corrected chi connectivity index (χ3v) is 4.27. The van der Waals surface area contributed by atoms with E-state index in [0.717, 1.165) is 12.1 Å². The van der Waals surface area contributed by atoms with Crippen molar-refractivity contribution in [3.8, 4) is 17.1 Å². The number of aromatic nitrogens is 4. The molecule has 0 radical (unpaired) electrons. The second-order valence-corrected chi connectivity index (χ2v) is 7.34. The van der Waals surface area contributed by atoms with Crippen LogP contribution >= 0.6 is 0 Å². The minimum Gasteiger partial charge on any atom is -0.406 e. The fourth-order valence-corrected chi connectivity index (χ4v) is 2.89. The van der Waals surface area contributed by atoms with Crippen molar-refractivity contribution in [3.05, 3.63) is 60.2 Å². The van der Waals surface area contributed by atoms with Gasteiger partial charge in [-0.15, -0.1) is 13.2 Å². The van der Waals surface area contributed by atoms with E-state index in [0.29, 0.717) is 17.0 Å². The summed E-state index contributed by atoms with van der Waals surface area (Å²) >= 11 is 0. The Morgan fingerprint density at radius 1 is 1.13 bits per heavy atom. The predicted molar refractivity (Wildman–Crippen MR) is 104 cm³/mol. The van der Waals surface area contributed by atoms with Gasteiger partial charge in [-0.2, -0.15) is 5.10 Å². The van der Waals surface area contributed by atoms with Crippen molar-refractivity contribution in [1.29, 1.82) is 0 Å². The number of rotatable bonds is 6. The number of amides is 1. The maximum Gasteiger partial charge on any atom is 0.573 e. The molecule has 2 N–H and O–H groups in total. The number of nitrogens with zero attached hydrogens (tertiary/aromatic N) is 4. The third kappa shape index (κ3) is 5.79. The maximum atomic E-state index is 12.8. The Kier molecular flexibility index (Phi) is 5.98. The summed E-state index contributed by atoms with van der Waals surface area (Å²) in [5.74, 6) is -1.03. The van der Waals surface area contributed by atoms with E-state index in [-0.39, 0.29) is 5.69 Å². The molecule has 0 fully saturated rings. The van der Waals surface area contributed by atoms with E-state index < -0.39 is 29.7 Å². The number of nitrogens with one attached hydrogen (secondary N) is 1. The molecular weight excluding hydrogens is 415 g/mol. The highest BCUT2D eigenvalue weighted by Crippen LogP contribution is 2.29. The third-order valence-electron chi connectivity index (χ3n) is 4.27. The number of hydrogen-bond donors (Lipinski definition) is 2. The van der Waals surface area contributed by atoms with Crippen LogP contribution in [-0.4, -0.2) is 42.7 Å². The SMILES string of the molecule is Cn1ccc(-c2cncc(C(=O)NC(c3ccc(OC(F)(F)F)cc3)C(C)(C)O)n2)n1. The van der Waals surface area contributed by atoms with Crippen LogP contribution in [0.4, 0.5) is 13.2 Å². The normalized spacial score (nSPS) is 13.0. The molecule has 2 aromatic heterocycles. The van der Waals surface area contributed by atoms with E-state index in [1.54, 1.807) is 24.0 Å². The average Bonchev–Trinajstić information content (AvgIpc) is 3.11. The van der Waals surface area contributed by atoms with Crippen LogP contribution in [0.5, 0.6) is 5.75 Å². The van der Waals surface area contributed by atoms with Gasteiger partial charge in [0.2, 0.25) is 0 Å². The molecule has 0 saturated heterocycles. The second-order valence-electron chi connectivity index (χ2n) is 7.34. The number of halogens is 3. The van der Waals surface area contributed by atoms with Gasteiger partial charge in [-0.1, -0.05) is 12.1 Å². The van der Waals surface area contributed by atoms with Crippen LogP contribution in [0.2, 0.25) is 0 Å². The highest BCUT2D eigenvalue weighted by atomic mass is 19.4. The Morgan fingerprint density at radius 2 is 1.81 bits per heavy atom. The highest BCUT2D eigenvalue weighted by molar-refractivity contribution is 5.92. The van der Waals surface area contributed by atoms with Gasteiger partial charge in [-0.25, -0.2) is 4.98 Å². The van der Waals surface area contributed by atoms with E-state index in [2.05, 4.69) is 25.1 Å². The van der Waals surface area contributed by atoms with Gasteiger partial charge < -0.3 is 15.2 Å². The van der Waals surface area contributed by atoms with Gasteiger partial charge in [0.05, 0.1) is 24.0 Å². The van der Waals surface area contributed by atoms with Crippen LogP contribution in [-0.2, 0) is 7.05 Å². The van der Waals surface area contributed by atoms with Gasteiger partial charge in [-0.3, -0.25) is 14.5 Å². The van der Waals surface area contributed by atoms with Crippen LogP contribution in [0, 0.1) is 0 Å². The van der Waals surface area contributed by atoms with E-state index in [1.807, 2.05) is 0 Å². The molecule has 3 rings (SSSR count). The molecular formula is C20H20F3N5O3. The second kappa shape index (κ2) is 8.34.